The lowest BCUT2D eigenvalue weighted by Crippen LogP contribution is -2.52. The quantitative estimate of drug-likeness (QED) is 0.628. The Morgan fingerprint density at radius 2 is 1.97 bits per heavy atom. The molecule has 1 aromatic heterocycles. The molecule has 3 heterocycles. The van der Waals surface area contributed by atoms with Gasteiger partial charge >= 0.3 is 0 Å². The van der Waals surface area contributed by atoms with Gasteiger partial charge in [-0.15, -0.1) is 10.2 Å². The van der Waals surface area contributed by atoms with Crippen LogP contribution in [0.2, 0.25) is 0 Å². The molecule has 0 bridgehead atoms. The molecule has 8 nitrogen and oxygen atoms in total. The zero-order chi connectivity index (χ0) is 22.0. The highest BCUT2D eigenvalue weighted by Crippen LogP contribution is 2.28. The summed E-state index contributed by atoms with van der Waals surface area (Å²) in [7, 11) is -2.88. The molecule has 0 saturated carbocycles. The molecule has 1 unspecified atom stereocenters. The number of nitrogens with one attached hydrogen (secondary N) is 1. The van der Waals surface area contributed by atoms with Crippen LogP contribution in [0.4, 0.5) is 10.8 Å². The SMILES string of the molecule is Cc1ccc(Nc2nnc(SCC(=O)N3CCN(C4CCS(=O)(=O)C4)CC3)s2)cc1C. The number of nitrogens with zero attached hydrogens (tertiary/aromatic N) is 4. The van der Waals surface area contributed by atoms with Gasteiger partial charge in [0.05, 0.1) is 17.3 Å². The van der Waals surface area contributed by atoms with E-state index in [0.29, 0.717) is 30.4 Å². The van der Waals surface area contributed by atoms with E-state index >= 15 is 0 Å². The molecule has 0 aliphatic carbocycles. The number of piperazine rings is 1. The zero-order valence-corrected chi connectivity index (χ0v) is 20.2. The van der Waals surface area contributed by atoms with Crippen LogP contribution in [0, 0.1) is 13.8 Å². The van der Waals surface area contributed by atoms with E-state index in [2.05, 4.69) is 46.4 Å². The summed E-state index contributed by atoms with van der Waals surface area (Å²) in [4.78, 5) is 16.7. The molecule has 0 radical (unpaired) electrons. The fraction of sp³-hybridized carbons (Fsp3) is 0.550. The second-order valence-electron chi connectivity index (χ2n) is 8.06. The van der Waals surface area contributed by atoms with Crippen molar-refractivity contribution in [1.82, 2.24) is 20.0 Å². The Morgan fingerprint density at radius 1 is 1.19 bits per heavy atom. The van der Waals surface area contributed by atoms with Gasteiger partial charge in [0.15, 0.2) is 14.2 Å². The number of amides is 1. The maximum atomic E-state index is 12.6. The van der Waals surface area contributed by atoms with Crippen LogP contribution in [-0.2, 0) is 14.6 Å². The molecule has 2 saturated heterocycles. The summed E-state index contributed by atoms with van der Waals surface area (Å²) in [5.41, 5.74) is 3.43. The topological polar surface area (TPSA) is 95.5 Å². The average Bonchev–Trinajstić information content (AvgIpc) is 3.35. The minimum absolute atomic E-state index is 0.0857. The molecular weight excluding hydrogens is 454 g/mol. The van der Waals surface area contributed by atoms with Crippen LogP contribution in [0.3, 0.4) is 0 Å². The summed E-state index contributed by atoms with van der Waals surface area (Å²) in [5, 5.41) is 12.3. The molecule has 1 amide bonds. The highest BCUT2D eigenvalue weighted by molar-refractivity contribution is 8.01. The normalized spacial score (nSPS) is 21.4. The fourth-order valence-electron chi connectivity index (χ4n) is 3.88. The average molecular weight is 482 g/mol. The maximum absolute atomic E-state index is 12.6. The first kappa shape index (κ1) is 22.5. The lowest BCUT2D eigenvalue weighted by molar-refractivity contribution is -0.130. The standard InChI is InChI=1S/C20H27N5O3S3/c1-14-3-4-16(11-15(14)2)21-19-22-23-20(30-19)29-12-18(26)25-8-6-24(7-9-25)17-5-10-31(27,28)13-17/h3-4,11,17H,5-10,12-13H2,1-2H3,(H,21,22). The number of hydrogen-bond acceptors (Lipinski definition) is 9. The van der Waals surface area contributed by atoms with E-state index in [0.717, 1.165) is 23.1 Å². The van der Waals surface area contributed by atoms with Gasteiger partial charge < -0.3 is 10.2 Å². The van der Waals surface area contributed by atoms with E-state index in [1.165, 1.54) is 34.2 Å². The molecule has 1 atom stereocenters. The largest absolute Gasteiger partial charge is 0.339 e. The fourth-order valence-corrected chi connectivity index (χ4v) is 7.31. The first-order valence-corrected chi connectivity index (χ1v) is 13.9. The smallest absolute Gasteiger partial charge is 0.233 e. The van der Waals surface area contributed by atoms with E-state index in [4.69, 9.17) is 0 Å². The van der Waals surface area contributed by atoms with E-state index in [1.54, 1.807) is 0 Å². The van der Waals surface area contributed by atoms with Crippen LogP contribution < -0.4 is 5.32 Å². The van der Waals surface area contributed by atoms with Gasteiger partial charge in [0.25, 0.3) is 0 Å². The molecule has 11 heteroatoms. The van der Waals surface area contributed by atoms with Gasteiger partial charge in [-0.3, -0.25) is 9.69 Å². The number of anilines is 2. The van der Waals surface area contributed by atoms with Crippen molar-refractivity contribution in [3.8, 4) is 0 Å². The maximum Gasteiger partial charge on any atom is 0.233 e. The summed E-state index contributed by atoms with van der Waals surface area (Å²) in [6.07, 6.45) is 0.710. The van der Waals surface area contributed by atoms with Crippen molar-refractivity contribution in [1.29, 1.82) is 0 Å². The third kappa shape index (κ3) is 5.76. The highest BCUT2D eigenvalue weighted by atomic mass is 32.2. The summed E-state index contributed by atoms with van der Waals surface area (Å²) in [5.74, 6) is 0.959. The molecule has 31 heavy (non-hydrogen) atoms. The van der Waals surface area contributed by atoms with Crippen molar-refractivity contribution in [3.63, 3.8) is 0 Å². The Labute approximate surface area is 191 Å². The number of benzene rings is 1. The molecule has 2 aromatic rings. The van der Waals surface area contributed by atoms with Crippen LogP contribution in [0.1, 0.15) is 17.5 Å². The monoisotopic (exact) mass is 481 g/mol. The third-order valence-electron chi connectivity index (χ3n) is 5.88. The Bertz CT molecular complexity index is 1050. The molecule has 2 aliphatic heterocycles. The number of sulfone groups is 1. The molecule has 2 fully saturated rings. The van der Waals surface area contributed by atoms with Crippen LogP contribution in [0.5, 0.6) is 0 Å². The van der Waals surface area contributed by atoms with Gasteiger partial charge in [-0.05, 0) is 43.5 Å². The summed E-state index contributed by atoms with van der Waals surface area (Å²) < 4.78 is 24.2. The van der Waals surface area contributed by atoms with E-state index in [-0.39, 0.29) is 23.5 Å². The van der Waals surface area contributed by atoms with Crippen molar-refractivity contribution < 1.29 is 13.2 Å². The van der Waals surface area contributed by atoms with E-state index < -0.39 is 9.84 Å². The second kappa shape index (κ2) is 9.43. The lowest BCUT2D eigenvalue weighted by Gasteiger charge is -2.37. The second-order valence-corrected chi connectivity index (χ2v) is 12.5. The number of rotatable bonds is 6. The first-order valence-electron chi connectivity index (χ1n) is 10.3. The molecule has 1 aromatic carbocycles. The highest BCUT2D eigenvalue weighted by Gasteiger charge is 2.34. The lowest BCUT2D eigenvalue weighted by atomic mass is 10.1. The minimum Gasteiger partial charge on any atom is -0.339 e. The van der Waals surface area contributed by atoms with Crippen molar-refractivity contribution >= 4 is 49.7 Å². The van der Waals surface area contributed by atoms with Crippen molar-refractivity contribution in [3.05, 3.63) is 29.3 Å². The van der Waals surface area contributed by atoms with Crippen molar-refractivity contribution in [2.45, 2.75) is 30.6 Å². The molecule has 4 rings (SSSR count). The molecule has 2 aliphatic rings. The van der Waals surface area contributed by atoms with E-state index in [9.17, 15) is 13.2 Å². The van der Waals surface area contributed by atoms with Gasteiger partial charge in [-0.1, -0.05) is 29.2 Å². The van der Waals surface area contributed by atoms with Crippen LogP contribution in [0.15, 0.2) is 22.5 Å². The number of hydrogen-bond donors (Lipinski definition) is 1. The Morgan fingerprint density at radius 3 is 2.65 bits per heavy atom. The van der Waals surface area contributed by atoms with Crippen molar-refractivity contribution in [2.24, 2.45) is 0 Å². The Hall–Kier alpha value is -1.69. The summed E-state index contributed by atoms with van der Waals surface area (Å²) >= 11 is 2.84. The predicted octanol–water partition coefficient (Wildman–Crippen LogP) is 2.32. The van der Waals surface area contributed by atoms with Gasteiger partial charge in [0, 0.05) is 37.9 Å². The molecule has 1 N–H and O–H groups in total. The van der Waals surface area contributed by atoms with Crippen LogP contribution >= 0.6 is 23.1 Å². The van der Waals surface area contributed by atoms with Crippen LogP contribution in [-0.4, -0.2) is 83.8 Å². The number of carbonyl (C=O) groups is 1. The number of aryl methyl sites for hydroxylation is 2. The predicted molar refractivity (Wildman–Crippen MR) is 125 cm³/mol. The third-order valence-corrected chi connectivity index (χ3v) is 9.58. The summed E-state index contributed by atoms with van der Waals surface area (Å²) in [6.45, 7) is 6.91. The first-order chi connectivity index (χ1) is 14.8. The number of thioether (sulfide) groups is 1. The van der Waals surface area contributed by atoms with Gasteiger partial charge in [0.2, 0.25) is 11.0 Å². The minimum atomic E-state index is -2.88. The molecule has 168 valence electrons. The van der Waals surface area contributed by atoms with Gasteiger partial charge in [-0.2, -0.15) is 0 Å². The Balaban J connectivity index is 1.23. The molecule has 0 spiro atoms. The Kier molecular flexibility index (Phi) is 6.85. The van der Waals surface area contributed by atoms with Crippen molar-refractivity contribution in [2.75, 3.05) is 48.8 Å². The number of carbonyl (C=O) groups excluding carboxylic acids is 1. The summed E-state index contributed by atoms with van der Waals surface area (Å²) in [6, 6.07) is 6.27. The number of aromatic nitrogens is 2. The zero-order valence-electron chi connectivity index (χ0n) is 17.7. The van der Waals surface area contributed by atoms with Gasteiger partial charge in [0.1, 0.15) is 0 Å². The van der Waals surface area contributed by atoms with Gasteiger partial charge in [-0.25, -0.2) is 8.42 Å². The van der Waals surface area contributed by atoms with E-state index in [1.807, 2.05) is 11.0 Å². The van der Waals surface area contributed by atoms with Crippen LogP contribution in [0.25, 0.3) is 0 Å². The molecular formula is C20H27N5O3S3.